The summed E-state index contributed by atoms with van der Waals surface area (Å²) in [5.74, 6) is 1.78. The lowest BCUT2D eigenvalue weighted by atomic mass is 9.72. The first kappa shape index (κ1) is 23.8. The Balaban J connectivity index is 1.56. The summed E-state index contributed by atoms with van der Waals surface area (Å²) in [5, 5.41) is 0. The summed E-state index contributed by atoms with van der Waals surface area (Å²) in [7, 11) is 1.76. The first-order chi connectivity index (χ1) is 17.0. The van der Waals surface area contributed by atoms with Crippen molar-refractivity contribution in [2.75, 3.05) is 20.2 Å². The Morgan fingerprint density at radius 2 is 1.49 bits per heavy atom. The summed E-state index contributed by atoms with van der Waals surface area (Å²) in [6.45, 7) is 9.77. The molecule has 3 aromatic carbocycles. The maximum Gasteiger partial charge on any atom is 0.123 e. The number of fused-ring (bicyclic) bond motifs is 3. The number of methoxy groups -OCH3 is 1. The van der Waals surface area contributed by atoms with Crippen LogP contribution in [0, 0.1) is 5.92 Å². The highest BCUT2D eigenvalue weighted by Gasteiger charge is 2.43. The van der Waals surface area contributed by atoms with E-state index in [1.807, 2.05) is 0 Å². The maximum atomic E-state index is 5.75. The van der Waals surface area contributed by atoms with E-state index in [9.17, 15) is 0 Å². The monoisotopic (exact) mass is 466 g/mol. The Labute approximate surface area is 210 Å². The minimum Gasteiger partial charge on any atom is -0.496 e. The predicted octanol–water partition coefficient (Wildman–Crippen LogP) is 6.86. The van der Waals surface area contributed by atoms with Crippen molar-refractivity contribution >= 4 is 5.71 Å². The van der Waals surface area contributed by atoms with Gasteiger partial charge in [0.1, 0.15) is 5.75 Å². The van der Waals surface area contributed by atoms with E-state index in [4.69, 9.17) is 9.73 Å². The molecule has 0 amide bonds. The predicted molar refractivity (Wildman–Crippen MR) is 146 cm³/mol. The van der Waals surface area contributed by atoms with Gasteiger partial charge in [0, 0.05) is 23.1 Å². The van der Waals surface area contributed by atoms with Crippen LogP contribution in [0.25, 0.3) is 0 Å². The van der Waals surface area contributed by atoms with E-state index < -0.39 is 0 Å². The molecule has 3 saturated heterocycles. The van der Waals surface area contributed by atoms with Gasteiger partial charge in [0.2, 0.25) is 0 Å². The van der Waals surface area contributed by atoms with Crippen molar-refractivity contribution in [2.24, 2.45) is 10.9 Å². The maximum absolute atomic E-state index is 5.75. The lowest BCUT2D eigenvalue weighted by Gasteiger charge is -2.49. The van der Waals surface area contributed by atoms with Gasteiger partial charge in [0.05, 0.1) is 19.7 Å². The Morgan fingerprint density at radius 1 is 0.886 bits per heavy atom. The third-order valence-electron chi connectivity index (χ3n) is 7.86. The highest BCUT2D eigenvalue weighted by atomic mass is 16.5. The molecule has 0 aromatic heterocycles. The molecular formula is C32H38N2O. The zero-order valence-corrected chi connectivity index (χ0v) is 21.6. The van der Waals surface area contributed by atoms with Crippen molar-refractivity contribution in [3.63, 3.8) is 0 Å². The molecule has 3 aliphatic rings. The summed E-state index contributed by atoms with van der Waals surface area (Å²) in [4.78, 5) is 8.10. The molecule has 1 atom stereocenters. The highest BCUT2D eigenvalue weighted by Crippen LogP contribution is 2.41. The number of rotatable bonds is 6. The third-order valence-corrected chi connectivity index (χ3v) is 7.86. The normalized spacial score (nSPS) is 23.1. The van der Waals surface area contributed by atoms with E-state index in [2.05, 4.69) is 105 Å². The molecule has 0 aliphatic carbocycles. The van der Waals surface area contributed by atoms with Crippen LogP contribution in [0.1, 0.15) is 61.8 Å². The number of piperidine rings is 3. The topological polar surface area (TPSA) is 24.8 Å². The Kier molecular flexibility index (Phi) is 6.80. The number of hydrogen-bond donors (Lipinski definition) is 0. The van der Waals surface area contributed by atoms with Crippen LogP contribution in [0.3, 0.4) is 0 Å². The van der Waals surface area contributed by atoms with Gasteiger partial charge in [0.25, 0.3) is 0 Å². The summed E-state index contributed by atoms with van der Waals surface area (Å²) in [5.41, 5.74) is 6.72. The lowest BCUT2D eigenvalue weighted by molar-refractivity contribution is 0.135. The summed E-state index contributed by atoms with van der Waals surface area (Å²) < 4.78 is 5.75. The fourth-order valence-corrected chi connectivity index (χ4v) is 5.93. The minimum atomic E-state index is 0.0953. The summed E-state index contributed by atoms with van der Waals surface area (Å²) in [6, 6.07) is 28.9. The molecule has 0 N–H and O–H groups in total. The van der Waals surface area contributed by atoms with Crippen molar-refractivity contribution in [3.8, 4) is 5.75 Å². The van der Waals surface area contributed by atoms with Gasteiger partial charge in [-0.3, -0.25) is 9.89 Å². The van der Waals surface area contributed by atoms with Gasteiger partial charge in [-0.15, -0.1) is 0 Å². The second-order valence-corrected chi connectivity index (χ2v) is 11.1. The fraction of sp³-hybridized carbons (Fsp3) is 0.406. The first-order valence-corrected chi connectivity index (χ1v) is 13.0. The van der Waals surface area contributed by atoms with Gasteiger partial charge >= 0.3 is 0 Å². The van der Waals surface area contributed by atoms with Gasteiger partial charge in [-0.2, -0.15) is 0 Å². The average molecular weight is 467 g/mol. The van der Waals surface area contributed by atoms with E-state index in [1.54, 1.807) is 7.11 Å². The van der Waals surface area contributed by atoms with Crippen LogP contribution in [0.4, 0.5) is 0 Å². The fourth-order valence-electron chi connectivity index (χ4n) is 5.93. The number of nitrogens with zero attached hydrogens (tertiary/aromatic N) is 2. The average Bonchev–Trinajstić information content (AvgIpc) is 2.89. The quantitative estimate of drug-likeness (QED) is 0.396. The van der Waals surface area contributed by atoms with E-state index >= 15 is 0 Å². The number of benzene rings is 3. The molecule has 3 heterocycles. The van der Waals surface area contributed by atoms with Crippen molar-refractivity contribution in [1.29, 1.82) is 0 Å². The van der Waals surface area contributed by atoms with E-state index in [0.29, 0.717) is 18.5 Å². The van der Waals surface area contributed by atoms with Gasteiger partial charge in [0.15, 0.2) is 0 Å². The molecule has 3 aliphatic heterocycles. The molecule has 0 spiro atoms. The number of hydrogen-bond acceptors (Lipinski definition) is 3. The van der Waals surface area contributed by atoms with Gasteiger partial charge in [-0.05, 0) is 60.2 Å². The molecule has 3 heteroatoms. The van der Waals surface area contributed by atoms with E-state index in [0.717, 1.165) is 18.8 Å². The van der Waals surface area contributed by atoms with Gasteiger partial charge < -0.3 is 4.74 Å². The van der Waals surface area contributed by atoms with Gasteiger partial charge in [-0.25, -0.2) is 0 Å². The molecular weight excluding hydrogens is 428 g/mol. The Hall–Kier alpha value is -2.91. The molecule has 0 saturated carbocycles. The molecule has 6 rings (SSSR count). The van der Waals surface area contributed by atoms with Crippen LogP contribution in [-0.4, -0.2) is 36.9 Å². The van der Waals surface area contributed by atoms with E-state index in [1.165, 1.54) is 40.8 Å². The van der Waals surface area contributed by atoms with Crippen LogP contribution >= 0.6 is 0 Å². The lowest BCUT2D eigenvalue weighted by Crippen LogP contribution is -2.58. The van der Waals surface area contributed by atoms with Crippen LogP contribution < -0.4 is 4.74 Å². The number of ether oxygens (including phenoxy) is 1. The second kappa shape index (κ2) is 9.99. The highest BCUT2D eigenvalue weighted by molar-refractivity contribution is 5.94. The summed E-state index contributed by atoms with van der Waals surface area (Å²) >= 11 is 0. The van der Waals surface area contributed by atoms with Crippen molar-refractivity contribution < 1.29 is 4.74 Å². The van der Waals surface area contributed by atoms with Crippen molar-refractivity contribution in [3.05, 3.63) is 101 Å². The zero-order valence-electron chi connectivity index (χ0n) is 21.6. The zero-order chi connectivity index (χ0) is 24.4. The molecule has 0 unspecified atom stereocenters. The molecule has 3 nitrogen and oxygen atoms in total. The van der Waals surface area contributed by atoms with Gasteiger partial charge in [-0.1, -0.05) is 87.5 Å². The molecule has 0 radical (unpaired) electrons. The molecule has 3 aromatic rings. The Bertz CT molecular complexity index is 1120. The van der Waals surface area contributed by atoms with Crippen molar-refractivity contribution in [1.82, 2.24) is 4.90 Å². The molecule has 2 bridgehead atoms. The smallest absolute Gasteiger partial charge is 0.123 e. The first-order valence-electron chi connectivity index (χ1n) is 13.0. The third kappa shape index (κ3) is 4.92. The van der Waals surface area contributed by atoms with Crippen LogP contribution in [0.2, 0.25) is 0 Å². The standard InChI is InChI=1S/C32H38N2O/c1-32(2,3)27-15-16-28(35-4)26(21-27)22-33-30-25-17-19-34(20-18-25)31(30)29(23-11-7-5-8-12-23)24-13-9-6-10-14-24/h5-16,21,25,29,31H,17-20,22H2,1-4H3/t31-/m0/s1. The SMILES string of the molecule is COc1ccc(C(C)(C)C)cc1CN=C1C2CCN(CC2)[C@H]1C(c1ccccc1)c1ccccc1. The minimum absolute atomic E-state index is 0.0953. The second-order valence-electron chi connectivity index (χ2n) is 11.1. The summed E-state index contributed by atoms with van der Waals surface area (Å²) in [6.07, 6.45) is 2.43. The van der Waals surface area contributed by atoms with Crippen LogP contribution in [-0.2, 0) is 12.0 Å². The number of aliphatic imine (C=N–C) groups is 1. The van der Waals surface area contributed by atoms with Crippen LogP contribution in [0.15, 0.2) is 83.9 Å². The molecule has 3 fully saturated rings. The van der Waals surface area contributed by atoms with Crippen LogP contribution in [0.5, 0.6) is 5.75 Å². The largest absolute Gasteiger partial charge is 0.496 e. The van der Waals surface area contributed by atoms with Crippen molar-refractivity contribution in [2.45, 2.75) is 57.5 Å². The Morgan fingerprint density at radius 3 is 2.03 bits per heavy atom. The molecule has 35 heavy (non-hydrogen) atoms. The van der Waals surface area contributed by atoms with E-state index in [-0.39, 0.29) is 11.3 Å². The molecule has 182 valence electrons.